The maximum atomic E-state index is 14.0. The first-order valence-corrected chi connectivity index (χ1v) is 12.7. The zero-order valence-corrected chi connectivity index (χ0v) is 20.9. The van der Waals surface area contributed by atoms with Crippen LogP contribution in [0.1, 0.15) is 48.9 Å². The number of allylic oxidation sites excluding steroid dienone is 1. The van der Waals surface area contributed by atoms with Crippen molar-refractivity contribution in [2.24, 2.45) is 4.99 Å². The van der Waals surface area contributed by atoms with Crippen LogP contribution in [-0.4, -0.2) is 25.7 Å². The number of aryl methyl sites for hydroxylation is 3. The fraction of sp³-hybridized carbons (Fsp3) is 0.250. The molecule has 0 bridgehead atoms. The summed E-state index contributed by atoms with van der Waals surface area (Å²) in [6.07, 6.45) is 4.34. The minimum Gasteiger partial charge on any atom is -0.357 e. The molecule has 1 aliphatic heterocycles. The number of carbonyl (C=O) groups is 1. The SMILES string of the molecule is Cc1cc(C)c(NC(=O)c2sccc2S(=O)(=O)C2(c3onc(C)c3C)C=CC=N2)c(C#N)c1C. The Morgan fingerprint density at radius 1 is 1.18 bits per heavy atom. The third-order valence-corrected chi connectivity index (χ3v) is 9.29. The number of carbonyl (C=O) groups excluding carboxylic acids is 1. The molecule has 1 atom stereocenters. The molecule has 2 aromatic heterocycles. The van der Waals surface area contributed by atoms with Gasteiger partial charge in [-0.15, -0.1) is 11.3 Å². The Morgan fingerprint density at radius 2 is 1.91 bits per heavy atom. The van der Waals surface area contributed by atoms with Gasteiger partial charge in [-0.2, -0.15) is 5.26 Å². The molecule has 3 heterocycles. The maximum absolute atomic E-state index is 14.0. The average molecular weight is 495 g/mol. The number of benzene rings is 1. The quantitative estimate of drug-likeness (QED) is 0.549. The molecule has 1 aliphatic rings. The van der Waals surface area contributed by atoms with Crippen LogP contribution in [0.5, 0.6) is 0 Å². The van der Waals surface area contributed by atoms with Crippen molar-refractivity contribution in [3.05, 3.63) is 73.8 Å². The number of aliphatic imine (C=N–C) groups is 1. The van der Waals surface area contributed by atoms with Gasteiger partial charge >= 0.3 is 0 Å². The highest BCUT2D eigenvalue weighted by Crippen LogP contribution is 2.44. The summed E-state index contributed by atoms with van der Waals surface area (Å²) in [7, 11) is -4.26. The van der Waals surface area contributed by atoms with Crippen molar-refractivity contribution in [1.82, 2.24) is 5.16 Å². The lowest BCUT2D eigenvalue weighted by Crippen LogP contribution is -2.32. The summed E-state index contributed by atoms with van der Waals surface area (Å²) in [5.74, 6) is -0.535. The third kappa shape index (κ3) is 3.40. The number of rotatable bonds is 5. The Morgan fingerprint density at radius 3 is 2.50 bits per heavy atom. The molecule has 0 radical (unpaired) electrons. The van der Waals surface area contributed by atoms with Gasteiger partial charge in [-0.25, -0.2) is 8.42 Å². The maximum Gasteiger partial charge on any atom is 0.267 e. The number of nitrogens with one attached hydrogen (secondary N) is 1. The molecule has 4 rings (SSSR count). The molecule has 34 heavy (non-hydrogen) atoms. The first kappa shape index (κ1) is 23.6. The minimum absolute atomic E-state index is 0.00900. The zero-order chi connectivity index (χ0) is 24.8. The lowest BCUT2D eigenvalue weighted by atomic mass is 9.98. The molecular formula is C24H22N4O4S2. The number of hydrogen-bond acceptors (Lipinski definition) is 8. The van der Waals surface area contributed by atoms with Crippen LogP contribution in [0.25, 0.3) is 0 Å². The van der Waals surface area contributed by atoms with Crippen molar-refractivity contribution in [3.8, 4) is 6.07 Å². The summed E-state index contributed by atoms with van der Waals surface area (Å²) in [4.78, 5) is 15.5. The van der Waals surface area contributed by atoms with Crippen LogP contribution in [0.4, 0.5) is 5.69 Å². The standard InChI is InChI=1S/C24H22N4O4S2/c1-13-11-14(2)20(18(12-25)15(13)3)27-23(29)21-19(7-10-33-21)34(30,31)24(8-6-9-26-24)22-16(4)17(5)28-32-22/h6-11H,1-5H3,(H,27,29). The van der Waals surface area contributed by atoms with E-state index in [0.29, 0.717) is 28.1 Å². The predicted molar refractivity (Wildman–Crippen MR) is 130 cm³/mol. The molecule has 1 amide bonds. The average Bonchev–Trinajstić information content (AvgIpc) is 3.54. The van der Waals surface area contributed by atoms with Crippen molar-refractivity contribution >= 4 is 39.0 Å². The number of aromatic nitrogens is 1. The normalized spacial score (nSPS) is 17.2. The molecule has 0 aliphatic carbocycles. The molecule has 1 aromatic carbocycles. The summed E-state index contributed by atoms with van der Waals surface area (Å²) in [6, 6.07) is 5.40. The molecule has 3 aromatic rings. The van der Waals surface area contributed by atoms with Gasteiger partial charge in [0.05, 0.1) is 21.8 Å². The molecule has 1 N–H and O–H groups in total. The van der Waals surface area contributed by atoms with Gasteiger partial charge in [-0.05, 0) is 74.9 Å². The van der Waals surface area contributed by atoms with E-state index in [9.17, 15) is 18.5 Å². The number of amides is 1. The van der Waals surface area contributed by atoms with Crippen molar-refractivity contribution in [3.63, 3.8) is 0 Å². The monoisotopic (exact) mass is 494 g/mol. The van der Waals surface area contributed by atoms with E-state index < -0.39 is 20.6 Å². The van der Waals surface area contributed by atoms with Crippen LogP contribution < -0.4 is 5.32 Å². The first-order valence-electron chi connectivity index (χ1n) is 10.4. The molecular weight excluding hydrogens is 472 g/mol. The molecule has 0 spiro atoms. The smallest absolute Gasteiger partial charge is 0.267 e. The summed E-state index contributed by atoms with van der Waals surface area (Å²) in [6.45, 7) is 8.92. The number of anilines is 1. The van der Waals surface area contributed by atoms with E-state index in [1.165, 1.54) is 29.8 Å². The number of hydrogen-bond donors (Lipinski definition) is 1. The van der Waals surface area contributed by atoms with Gasteiger partial charge in [0.1, 0.15) is 10.9 Å². The summed E-state index contributed by atoms with van der Waals surface area (Å²) in [5.41, 5.74) is 4.22. The van der Waals surface area contributed by atoms with E-state index in [2.05, 4.69) is 21.5 Å². The topological polar surface area (TPSA) is 125 Å². The fourth-order valence-corrected chi connectivity index (χ4v) is 6.99. The predicted octanol–water partition coefficient (Wildman–Crippen LogP) is 4.67. The Balaban J connectivity index is 1.81. The Hall–Kier alpha value is -3.55. The second-order valence-corrected chi connectivity index (χ2v) is 11.1. The highest BCUT2D eigenvalue weighted by atomic mass is 32.2. The summed E-state index contributed by atoms with van der Waals surface area (Å²) in [5, 5.41) is 17.9. The Kier molecular flexibility index (Phi) is 5.79. The van der Waals surface area contributed by atoms with E-state index in [-0.39, 0.29) is 15.5 Å². The Labute approximate surface area is 201 Å². The van der Waals surface area contributed by atoms with Crippen LogP contribution in [0.15, 0.2) is 44.1 Å². The van der Waals surface area contributed by atoms with Gasteiger partial charge in [0.25, 0.3) is 5.91 Å². The molecule has 174 valence electrons. The molecule has 8 nitrogen and oxygen atoms in total. The lowest BCUT2D eigenvalue weighted by molar-refractivity contribution is 0.102. The van der Waals surface area contributed by atoms with Crippen molar-refractivity contribution < 1.29 is 17.7 Å². The number of thiophene rings is 1. The van der Waals surface area contributed by atoms with Gasteiger partial charge in [-0.1, -0.05) is 11.2 Å². The highest BCUT2D eigenvalue weighted by Gasteiger charge is 2.51. The number of sulfone groups is 1. The second-order valence-electron chi connectivity index (χ2n) is 8.12. The largest absolute Gasteiger partial charge is 0.357 e. The molecule has 0 saturated heterocycles. The van der Waals surface area contributed by atoms with E-state index in [4.69, 9.17) is 4.52 Å². The van der Waals surface area contributed by atoms with Crippen LogP contribution in [-0.2, 0) is 14.7 Å². The lowest BCUT2D eigenvalue weighted by Gasteiger charge is -2.22. The van der Waals surface area contributed by atoms with E-state index in [0.717, 1.165) is 22.5 Å². The summed E-state index contributed by atoms with van der Waals surface area (Å²) >= 11 is 0.996. The van der Waals surface area contributed by atoms with Crippen LogP contribution >= 0.6 is 11.3 Å². The van der Waals surface area contributed by atoms with E-state index >= 15 is 0 Å². The van der Waals surface area contributed by atoms with Crippen molar-refractivity contribution in [2.75, 3.05) is 5.32 Å². The van der Waals surface area contributed by atoms with Crippen LogP contribution in [0.2, 0.25) is 0 Å². The third-order valence-electron chi connectivity index (χ3n) is 6.09. The minimum atomic E-state index is -4.26. The van der Waals surface area contributed by atoms with E-state index in [1.54, 1.807) is 27.7 Å². The van der Waals surface area contributed by atoms with Crippen molar-refractivity contribution in [2.45, 2.75) is 44.4 Å². The Bertz CT molecular complexity index is 1520. The number of nitrogens with zero attached hydrogens (tertiary/aromatic N) is 3. The molecule has 10 heteroatoms. The highest BCUT2D eigenvalue weighted by molar-refractivity contribution is 7.92. The van der Waals surface area contributed by atoms with Crippen LogP contribution in [0, 0.1) is 45.9 Å². The van der Waals surface area contributed by atoms with Gasteiger partial charge in [0.2, 0.25) is 14.7 Å². The molecule has 0 saturated carbocycles. The van der Waals surface area contributed by atoms with Gasteiger partial charge in [-0.3, -0.25) is 9.79 Å². The molecule has 0 fully saturated rings. The zero-order valence-electron chi connectivity index (χ0n) is 19.3. The van der Waals surface area contributed by atoms with E-state index in [1.807, 2.05) is 13.0 Å². The second kappa shape index (κ2) is 8.34. The van der Waals surface area contributed by atoms with Gasteiger partial charge in [0.15, 0.2) is 5.76 Å². The number of nitriles is 1. The van der Waals surface area contributed by atoms with Gasteiger partial charge < -0.3 is 9.84 Å². The van der Waals surface area contributed by atoms with Gasteiger partial charge in [0, 0.05) is 11.8 Å². The van der Waals surface area contributed by atoms with Crippen molar-refractivity contribution in [1.29, 1.82) is 5.26 Å². The first-order chi connectivity index (χ1) is 16.0. The summed E-state index contributed by atoms with van der Waals surface area (Å²) < 4.78 is 33.3. The molecule has 1 unspecified atom stereocenters. The fourth-order valence-electron chi connectivity index (χ4n) is 3.94. The van der Waals surface area contributed by atoms with Crippen LogP contribution in [0.3, 0.4) is 0 Å².